The van der Waals surface area contributed by atoms with Crippen molar-refractivity contribution in [3.05, 3.63) is 73.6 Å². The number of amides is 1. The highest BCUT2D eigenvalue weighted by Crippen LogP contribution is 2.38. The van der Waals surface area contributed by atoms with Crippen LogP contribution in [0.1, 0.15) is 56.2 Å². The van der Waals surface area contributed by atoms with Crippen molar-refractivity contribution in [1.82, 2.24) is 9.88 Å². The predicted octanol–water partition coefficient (Wildman–Crippen LogP) is 3.56. The van der Waals surface area contributed by atoms with Crippen LogP contribution in [0.3, 0.4) is 0 Å². The molecule has 0 spiro atoms. The number of rotatable bonds is 6. The first-order valence-electron chi connectivity index (χ1n) is 14.0. The average Bonchev–Trinajstić information content (AvgIpc) is 3.56. The van der Waals surface area contributed by atoms with Crippen LogP contribution in [0.5, 0.6) is 5.88 Å². The Morgan fingerprint density at radius 1 is 1.14 bits per heavy atom. The first kappa shape index (κ1) is 30.9. The zero-order chi connectivity index (χ0) is 31.1. The van der Waals surface area contributed by atoms with Crippen molar-refractivity contribution in [1.29, 1.82) is 0 Å². The summed E-state index contributed by atoms with van der Waals surface area (Å²) in [5.74, 6) is -0.117. The first-order chi connectivity index (χ1) is 20.2. The van der Waals surface area contributed by atoms with Crippen molar-refractivity contribution in [2.75, 3.05) is 31.1 Å². The summed E-state index contributed by atoms with van der Waals surface area (Å²) in [6.45, 7) is 9.72. The first-order valence-corrected chi connectivity index (χ1v) is 15.2. The summed E-state index contributed by atoms with van der Waals surface area (Å²) < 4.78 is 5.54. The maximum absolute atomic E-state index is 12.8. The number of aromatic hydroxyl groups is 1. The second-order valence-corrected chi connectivity index (χ2v) is 13.6. The Bertz CT molecular complexity index is 1690. The SMILES string of the molecule is CC(C)(C)OC(=O)N1CCN(c2nc(O)c(C(Cc3ccc(C(C)(C)O)cc3Cl)=c3ccc4c(c3)C=NN=4)s2)C[C@@H]1CO. The van der Waals surface area contributed by atoms with Gasteiger partial charge in [0.15, 0.2) is 5.13 Å². The van der Waals surface area contributed by atoms with Gasteiger partial charge in [-0.15, -0.1) is 0 Å². The molecule has 2 aliphatic rings. The normalized spacial score (nSPS) is 17.5. The summed E-state index contributed by atoms with van der Waals surface area (Å²) in [6.07, 6.45) is 1.61. The van der Waals surface area contributed by atoms with E-state index in [-0.39, 0.29) is 12.5 Å². The standard InChI is InChI=1S/C31H36ClN5O5S/c1-30(2,3)42-29(40)37-11-10-36(16-22(37)17-38)28-34-27(39)26(43-28)23(18-7-9-25-20(12-18)15-33-35-25)13-19-6-8-21(14-24(19)32)31(4,5)41/h6-9,12,14-15,22,38-39,41H,10-11,13,16-17H2,1-5H3/t22-/m1/s1. The highest BCUT2D eigenvalue weighted by Gasteiger charge is 2.34. The molecular formula is C31H36ClN5O5S. The fraction of sp³-hybridized carbons (Fsp3) is 0.419. The molecule has 3 N–H and O–H groups in total. The number of benzene rings is 2. The van der Waals surface area contributed by atoms with Crippen molar-refractivity contribution in [3.8, 4) is 5.88 Å². The number of anilines is 1. The second kappa shape index (κ2) is 11.9. The molecule has 0 saturated carbocycles. The Morgan fingerprint density at radius 3 is 2.58 bits per heavy atom. The summed E-state index contributed by atoms with van der Waals surface area (Å²) in [5, 5.41) is 42.6. The number of piperazine rings is 1. The van der Waals surface area contributed by atoms with E-state index in [9.17, 15) is 20.1 Å². The van der Waals surface area contributed by atoms with E-state index in [0.717, 1.165) is 27.3 Å². The summed E-state index contributed by atoms with van der Waals surface area (Å²) in [5.41, 5.74) is 1.52. The molecule has 0 bridgehead atoms. The zero-order valence-electron chi connectivity index (χ0n) is 24.8. The van der Waals surface area contributed by atoms with Gasteiger partial charge in [0.2, 0.25) is 5.88 Å². The van der Waals surface area contributed by atoms with Gasteiger partial charge in [-0.25, -0.2) is 4.79 Å². The molecule has 1 aromatic heterocycles. The van der Waals surface area contributed by atoms with Gasteiger partial charge in [0, 0.05) is 36.6 Å². The lowest BCUT2D eigenvalue weighted by Gasteiger charge is -2.40. The molecule has 0 aliphatic carbocycles. The topological polar surface area (TPSA) is 131 Å². The molecule has 1 saturated heterocycles. The van der Waals surface area contributed by atoms with Crippen molar-refractivity contribution >= 4 is 46.0 Å². The van der Waals surface area contributed by atoms with Crippen molar-refractivity contribution in [2.45, 2.75) is 58.3 Å². The molecule has 0 unspecified atom stereocenters. The molecule has 1 amide bonds. The molecule has 43 heavy (non-hydrogen) atoms. The smallest absolute Gasteiger partial charge is 0.410 e. The van der Waals surface area contributed by atoms with Gasteiger partial charge in [-0.3, -0.25) is 4.90 Å². The fourth-order valence-electron chi connectivity index (χ4n) is 5.04. The molecule has 228 valence electrons. The number of aromatic nitrogens is 1. The molecule has 0 radical (unpaired) electrons. The number of halogens is 1. The summed E-state index contributed by atoms with van der Waals surface area (Å²) in [6, 6.07) is 10.8. The quantitative estimate of drug-likeness (QED) is 0.382. The minimum Gasteiger partial charge on any atom is -0.492 e. The zero-order valence-corrected chi connectivity index (χ0v) is 26.4. The minimum atomic E-state index is -1.04. The monoisotopic (exact) mass is 625 g/mol. The molecule has 2 aromatic carbocycles. The maximum Gasteiger partial charge on any atom is 0.410 e. The average molecular weight is 626 g/mol. The number of aliphatic hydroxyl groups excluding tert-OH is 1. The number of carbonyl (C=O) groups excluding carboxylic acids is 1. The summed E-state index contributed by atoms with van der Waals surface area (Å²) in [7, 11) is 0. The predicted molar refractivity (Wildman–Crippen MR) is 168 cm³/mol. The lowest BCUT2D eigenvalue weighted by atomic mass is 9.94. The van der Waals surface area contributed by atoms with E-state index in [1.165, 1.54) is 11.3 Å². The van der Waals surface area contributed by atoms with Crippen LogP contribution in [-0.4, -0.2) is 75.4 Å². The van der Waals surface area contributed by atoms with Crippen molar-refractivity contribution in [3.63, 3.8) is 0 Å². The molecule has 3 aromatic rings. The molecule has 1 fully saturated rings. The Morgan fingerprint density at radius 2 is 1.91 bits per heavy atom. The number of ether oxygens (including phenoxy) is 1. The van der Waals surface area contributed by atoms with Crippen LogP contribution in [0.2, 0.25) is 5.02 Å². The van der Waals surface area contributed by atoms with E-state index in [1.807, 2.05) is 35.2 Å². The highest BCUT2D eigenvalue weighted by molar-refractivity contribution is 7.17. The van der Waals surface area contributed by atoms with Crippen LogP contribution in [0.15, 0.2) is 46.6 Å². The molecule has 12 heteroatoms. The van der Waals surface area contributed by atoms with Crippen LogP contribution >= 0.6 is 22.9 Å². The second-order valence-electron chi connectivity index (χ2n) is 12.2. The molecule has 5 rings (SSSR count). The number of carbonyl (C=O) groups is 1. The molecule has 3 heterocycles. The number of hydrogen-bond acceptors (Lipinski definition) is 10. The van der Waals surface area contributed by atoms with Gasteiger partial charge in [-0.2, -0.15) is 15.2 Å². The van der Waals surface area contributed by atoms with E-state index < -0.39 is 23.3 Å². The van der Waals surface area contributed by atoms with E-state index in [2.05, 4.69) is 15.2 Å². The molecule has 1 atom stereocenters. The Kier molecular flexibility index (Phi) is 8.54. The van der Waals surface area contributed by atoms with Gasteiger partial charge in [0.1, 0.15) is 5.60 Å². The van der Waals surface area contributed by atoms with Crippen molar-refractivity contribution < 1.29 is 24.9 Å². The minimum absolute atomic E-state index is 0.117. The van der Waals surface area contributed by atoms with Crippen molar-refractivity contribution in [2.24, 2.45) is 10.2 Å². The number of hydrogen-bond donors (Lipinski definition) is 3. The lowest BCUT2D eigenvalue weighted by molar-refractivity contribution is 0.00702. The summed E-state index contributed by atoms with van der Waals surface area (Å²) >= 11 is 8.05. The largest absolute Gasteiger partial charge is 0.492 e. The van der Waals surface area contributed by atoms with Gasteiger partial charge in [0.05, 0.1) is 34.7 Å². The number of aliphatic hydroxyl groups is 2. The van der Waals surface area contributed by atoms with Gasteiger partial charge >= 0.3 is 6.09 Å². The Labute approximate surface area is 259 Å². The lowest BCUT2D eigenvalue weighted by Crippen LogP contribution is -2.57. The fourth-order valence-corrected chi connectivity index (χ4v) is 6.35. The van der Waals surface area contributed by atoms with E-state index in [0.29, 0.717) is 46.6 Å². The molecular weight excluding hydrogens is 590 g/mol. The van der Waals surface area contributed by atoms with Gasteiger partial charge in [0.25, 0.3) is 0 Å². The number of nitrogens with zero attached hydrogens (tertiary/aromatic N) is 5. The van der Waals surface area contributed by atoms with Crippen LogP contribution in [0.25, 0.3) is 5.57 Å². The maximum atomic E-state index is 12.8. The number of thiazole rings is 1. The van der Waals surface area contributed by atoms with Crippen LogP contribution in [0, 0.1) is 0 Å². The number of fused-ring (bicyclic) bond motifs is 1. The van der Waals surface area contributed by atoms with Crippen LogP contribution in [-0.2, 0) is 16.8 Å². The molecule has 2 aliphatic heterocycles. The van der Waals surface area contributed by atoms with Gasteiger partial charge in [-0.1, -0.05) is 41.1 Å². The van der Waals surface area contributed by atoms with E-state index in [1.54, 1.807) is 51.8 Å². The highest BCUT2D eigenvalue weighted by atomic mass is 35.5. The Balaban J connectivity index is 1.50. The van der Waals surface area contributed by atoms with E-state index >= 15 is 0 Å². The van der Waals surface area contributed by atoms with Crippen LogP contribution < -0.4 is 15.5 Å². The Hall–Kier alpha value is -3.51. The summed E-state index contributed by atoms with van der Waals surface area (Å²) in [4.78, 5) is 21.4. The molecule has 10 nitrogen and oxygen atoms in total. The third kappa shape index (κ3) is 6.85. The van der Waals surface area contributed by atoms with Gasteiger partial charge < -0.3 is 25.0 Å². The van der Waals surface area contributed by atoms with E-state index in [4.69, 9.17) is 16.3 Å². The third-order valence-electron chi connectivity index (χ3n) is 7.33. The van der Waals surface area contributed by atoms with Gasteiger partial charge in [-0.05, 0) is 74.7 Å². The third-order valence-corrected chi connectivity index (χ3v) is 8.85. The van der Waals surface area contributed by atoms with Crippen LogP contribution in [0.4, 0.5) is 9.93 Å².